The monoisotopic (exact) mass is 209 g/mol. The van der Waals surface area contributed by atoms with E-state index < -0.39 is 10.2 Å². The van der Waals surface area contributed by atoms with E-state index in [-0.39, 0.29) is 0 Å². The van der Waals surface area contributed by atoms with Crippen molar-refractivity contribution < 1.29 is 8.42 Å². The van der Waals surface area contributed by atoms with E-state index in [1.54, 1.807) is 0 Å². The molecule has 0 saturated carbocycles. The summed E-state index contributed by atoms with van der Waals surface area (Å²) >= 11 is 0. The highest BCUT2D eigenvalue weighted by Gasteiger charge is 2.17. The average molecular weight is 209 g/mol. The minimum atomic E-state index is -3.29. The highest BCUT2D eigenvalue weighted by molar-refractivity contribution is 7.87. The Kier molecular flexibility index (Phi) is 6.23. The first kappa shape index (κ1) is 12.8. The SMILES string of the molecule is CCCCN(CCN)S(=O)(=O)NC. The van der Waals surface area contributed by atoms with Crippen LogP contribution in [0.3, 0.4) is 0 Å². The highest BCUT2D eigenvalue weighted by atomic mass is 32.2. The number of nitrogens with two attached hydrogens (primary N) is 1. The van der Waals surface area contributed by atoms with Crippen LogP contribution in [0.25, 0.3) is 0 Å². The van der Waals surface area contributed by atoms with Gasteiger partial charge in [0, 0.05) is 26.7 Å². The fraction of sp³-hybridized carbons (Fsp3) is 1.00. The van der Waals surface area contributed by atoms with Crippen LogP contribution in [0.5, 0.6) is 0 Å². The van der Waals surface area contributed by atoms with Crippen LogP contribution in [0.4, 0.5) is 0 Å². The van der Waals surface area contributed by atoms with Crippen LogP contribution >= 0.6 is 0 Å². The lowest BCUT2D eigenvalue weighted by molar-refractivity contribution is 0.405. The van der Waals surface area contributed by atoms with Gasteiger partial charge in [-0.15, -0.1) is 0 Å². The molecule has 0 saturated heterocycles. The number of nitrogens with one attached hydrogen (secondary N) is 1. The van der Waals surface area contributed by atoms with Crippen molar-refractivity contribution in [1.82, 2.24) is 9.03 Å². The molecule has 80 valence electrons. The molecule has 0 amide bonds. The molecule has 0 bridgehead atoms. The van der Waals surface area contributed by atoms with Crippen molar-refractivity contribution in [1.29, 1.82) is 0 Å². The molecule has 5 nitrogen and oxygen atoms in total. The van der Waals surface area contributed by atoms with Gasteiger partial charge < -0.3 is 5.73 Å². The summed E-state index contributed by atoms with van der Waals surface area (Å²) in [7, 11) is -1.88. The Balaban J connectivity index is 4.23. The van der Waals surface area contributed by atoms with Gasteiger partial charge in [-0.3, -0.25) is 0 Å². The topological polar surface area (TPSA) is 75.4 Å². The van der Waals surface area contributed by atoms with Gasteiger partial charge in [0.15, 0.2) is 0 Å². The fourth-order valence-electron chi connectivity index (χ4n) is 0.960. The molecular formula is C7H19N3O2S. The van der Waals surface area contributed by atoms with E-state index in [0.29, 0.717) is 19.6 Å². The molecule has 0 aromatic rings. The smallest absolute Gasteiger partial charge is 0.279 e. The van der Waals surface area contributed by atoms with Crippen LogP contribution < -0.4 is 10.5 Å². The Bertz CT molecular complexity index is 216. The van der Waals surface area contributed by atoms with Gasteiger partial charge in [-0.2, -0.15) is 12.7 Å². The second-order valence-corrected chi connectivity index (χ2v) is 4.63. The summed E-state index contributed by atoms with van der Waals surface area (Å²) in [6.45, 7) is 3.29. The number of hydrogen-bond donors (Lipinski definition) is 2. The van der Waals surface area contributed by atoms with Gasteiger partial charge in [-0.25, -0.2) is 4.72 Å². The Hall–Kier alpha value is -0.170. The second kappa shape index (κ2) is 6.31. The summed E-state index contributed by atoms with van der Waals surface area (Å²) in [4.78, 5) is 0. The average Bonchev–Trinajstić information content (AvgIpc) is 2.12. The third kappa shape index (κ3) is 4.56. The summed E-state index contributed by atoms with van der Waals surface area (Å²) in [5.74, 6) is 0. The van der Waals surface area contributed by atoms with Crippen LogP contribution in [-0.2, 0) is 10.2 Å². The first-order chi connectivity index (χ1) is 6.08. The van der Waals surface area contributed by atoms with E-state index in [2.05, 4.69) is 4.72 Å². The van der Waals surface area contributed by atoms with E-state index in [4.69, 9.17) is 5.73 Å². The zero-order valence-corrected chi connectivity index (χ0v) is 9.10. The predicted octanol–water partition coefficient (Wildman–Crippen LogP) is -0.489. The van der Waals surface area contributed by atoms with Gasteiger partial charge in [0.25, 0.3) is 10.2 Å². The summed E-state index contributed by atoms with van der Waals surface area (Å²) in [6, 6.07) is 0. The lowest BCUT2D eigenvalue weighted by Gasteiger charge is -2.19. The van der Waals surface area contributed by atoms with Crippen LogP contribution in [0.15, 0.2) is 0 Å². The van der Waals surface area contributed by atoms with Crippen LogP contribution in [-0.4, -0.2) is 39.4 Å². The Morgan fingerprint density at radius 2 is 2.00 bits per heavy atom. The van der Waals surface area contributed by atoms with Crippen LogP contribution in [0.1, 0.15) is 19.8 Å². The largest absolute Gasteiger partial charge is 0.329 e. The first-order valence-corrected chi connectivity index (χ1v) is 5.91. The van der Waals surface area contributed by atoms with Crippen molar-refractivity contribution in [3.8, 4) is 0 Å². The normalized spacial score (nSPS) is 12.3. The first-order valence-electron chi connectivity index (χ1n) is 4.47. The third-order valence-corrected chi connectivity index (χ3v) is 3.30. The van der Waals surface area contributed by atoms with E-state index in [0.717, 1.165) is 12.8 Å². The number of rotatable bonds is 7. The van der Waals surface area contributed by atoms with Crippen LogP contribution in [0.2, 0.25) is 0 Å². The Labute approximate surface area is 80.5 Å². The van der Waals surface area contributed by atoms with Gasteiger partial charge in [-0.05, 0) is 6.42 Å². The molecule has 0 atom stereocenters. The molecule has 0 radical (unpaired) electrons. The van der Waals surface area contributed by atoms with Crippen molar-refractivity contribution in [2.75, 3.05) is 26.7 Å². The molecule has 0 aromatic carbocycles. The minimum Gasteiger partial charge on any atom is -0.329 e. The van der Waals surface area contributed by atoms with Crippen molar-refractivity contribution >= 4 is 10.2 Å². The van der Waals surface area contributed by atoms with Gasteiger partial charge in [0.1, 0.15) is 0 Å². The molecule has 0 aliphatic rings. The second-order valence-electron chi connectivity index (χ2n) is 2.75. The molecule has 3 N–H and O–H groups in total. The Morgan fingerprint density at radius 3 is 2.38 bits per heavy atom. The highest BCUT2D eigenvalue weighted by Crippen LogP contribution is 1.99. The standard InChI is InChI=1S/C7H19N3O2S/c1-3-4-6-10(7-5-8)13(11,12)9-2/h9H,3-8H2,1-2H3. The lowest BCUT2D eigenvalue weighted by atomic mass is 10.3. The summed E-state index contributed by atoms with van der Waals surface area (Å²) in [5, 5.41) is 0. The molecule has 0 aliphatic heterocycles. The summed E-state index contributed by atoms with van der Waals surface area (Å²) in [6.07, 6.45) is 1.83. The molecule has 0 spiro atoms. The maximum Gasteiger partial charge on any atom is 0.279 e. The van der Waals surface area contributed by atoms with E-state index >= 15 is 0 Å². The molecule has 0 aromatic heterocycles. The predicted molar refractivity (Wildman–Crippen MR) is 53.5 cm³/mol. The van der Waals surface area contributed by atoms with E-state index in [1.807, 2.05) is 6.92 Å². The zero-order valence-electron chi connectivity index (χ0n) is 8.28. The molecule has 0 unspecified atom stereocenters. The number of unbranched alkanes of at least 4 members (excludes halogenated alkanes) is 1. The molecule has 0 heterocycles. The van der Waals surface area contributed by atoms with Gasteiger partial charge in [-0.1, -0.05) is 13.3 Å². The molecule has 0 rings (SSSR count). The quantitative estimate of drug-likeness (QED) is 0.594. The molecule has 6 heteroatoms. The fourth-order valence-corrected chi connectivity index (χ4v) is 1.93. The van der Waals surface area contributed by atoms with Gasteiger partial charge >= 0.3 is 0 Å². The third-order valence-electron chi connectivity index (χ3n) is 1.74. The van der Waals surface area contributed by atoms with Gasteiger partial charge in [0.05, 0.1) is 0 Å². The van der Waals surface area contributed by atoms with Crippen LogP contribution in [0, 0.1) is 0 Å². The maximum atomic E-state index is 11.4. The molecular weight excluding hydrogens is 190 g/mol. The number of hydrogen-bond acceptors (Lipinski definition) is 3. The molecule has 13 heavy (non-hydrogen) atoms. The van der Waals surface area contributed by atoms with Crippen molar-refractivity contribution in [3.05, 3.63) is 0 Å². The van der Waals surface area contributed by atoms with Crippen molar-refractivity contribution in [3.63, 3.8) is 0 Å². The minimum absolute atomic E-state index is 0.352. The van der Waals surface area contributed by atoms with Crippen molar-refractivity contribution in [2.24, 2.45) is 5.73 Å². The van der Waals surface area contributed by atoms with E-state index in [9.17, 15) is 8.42 Å². The molecule has 0 fully saturated rings. The number of nitrogens with zero attached hydrogens (tertiary/aromatic N) is 1. The summed E-state index contributed by atoms with van der Waals surface area (Å²) < 4.78 is 26.4. The van der Waals surface area contributed by atoms with Gasteiger partial charge in [0.2, 0.25) is 0 Å². The zero-order chi connectivity index (χ0) is 10.3. The summed E-state index contributed by atoms with van der Waals surface area (Å²) in [5.41, 5.74) is 5.32. The maximum absolute atomic E-state index is 11.4. The van der Waals surface area contributed by atoms with Crippen molar-refractivity contribution in [2.45, 2.75) is 19.8 Å². The van der Waals surface area contributed by atoms with E-state index in [1.165, 1.54) is 11.4 Å². The lowest BCUT2D eigenvalue weighted by Crippen LogP contribution is -2.42. The molecule has 0 aliphatic carbocycles. The Morgan fingerprint density at radius 1 is 1.38 bits per heavy atom.